The second-order valence-corrected chi connectivity index (χ2v) is 12.4. The average molecular weight is 499 g/mol. The van der Waals surface area contributed by atoms with Crippen molar-refractivity contribution in [1.29, 1.82) is 0 Å². The highest BCUT2D eigenvalue weighted by atomic mass is 16.5. The van der Waals surface area contributed by atoms with Gasteiger partial charge in [0.05, 0.1) is 5.41 Å². The predicted molar refractivity (Wildman–Crippen MR) is 161 cm³/mol. The summed E-state index contributed by atoms with van der Waals surface area (Å²) in [5, 5.41) is 0. The van der Waals surface area contributed by atoms with Gasteiger partial charge >= 0.3 is 0 Å². The Morgan fingerprint density at radius 3 is 1.11 bits per heavy atom. The maximum absolute atomic E-state index is 6.73. The van der Waals surface area contributed by atoms with Crippen LogP contribution in [0.15, 0.2) is 121 Å². The average Bonchev–Trinajstić information content (AvgIpc) is 2.93. The van der Waals surface area contributed by atoms with Crippen LogP contribution in [0.2, 0.25) is 0 Å². The number of allylic oxidation sites excluding steroid dienone is 2. The molecule has 1 heterocycles. The Morgan fingerprint density at radius 2 is 0.789 bits per heavy atom. The summed E-state index contributed by atoms with van der Waals surface area (Å²) >= 11 is 0. The Bertz CT molecular complexity index is 1330. The molecular weight excluding hydrogens is 460 g/mol. The fraction of sp³-hybridized carbons (Fsp3) is 0.243. The largest absolute Gasteiger partial charge is 0.457 e. The molecule has 1 heteroatoms. The van der Waals surface area contributed by atoms with Gasteiger partial charge in [0.2, 0.25) is 0 Å². The number of hydrogen-bond donors (Lipinski definition) is 0. The van der Waals surface area contributed by atoms with Crippen molar-refractivity contribution in [2.24, 2.45) is 0 Å². The molecule has 0 amide bonds. The summed E-state index contributed by atoms with van der Waals surface area (Å²) in [6.07, 6.45) is 4.58. The van der Waals surface area contributed by atoms with E-state index in [9.17, 15) is 0 Å². The molecule has 0 unspecified atom stereocenters. The molecule has 0 saturated carbocycles. The zero-order chi connectivity index (χ0) is 27.0. The van der Waals surface area contributed by atoms with Crippen LogP contribution in [0.4, 0.5) is 0 Å². The molecule has 0 atom stereocenters. The molecule has 38 heavy (non-hydrogen) atoms. The third-order valence-corrected chi connectivity index (χ3v) is 7.51. The van der Waals surface area contributed by atoms with Gasteiger partial charge in [0.1, 0.15) is 11.5 Å². The molecule has 0 fully saturated rings. The van der Waals surface area contributed by atoms with E-state index in [0.29, 0.717) is 0 Å². The lowest BCUT2D eigenvalue weighted by atomic mass is 9.72. The lowest BCUT2D eigenvalue weighted by Gasteiger charge is -2.35. The summed E-state index contributed by atoms with van der Waals surface area (Å²) in [5.74, 6) is 1.74. The second kappa shape index (κ2) is 9.80. The van der Waals surface area contributed by atoms with Crippen molar-refractivity contribution in [1.82, 2.24) is 0 Å². The van der Waals surface area contributed by atoms with Gasteiger partial charge in [0.15, 0.2) is 0 Å². The van der Waals surface area contributed by atoms with Gasteiger partial charge in [-0.1, -0.05) is 151 Å². The first-order valence-corrected chi connectivity index (χ1v) is 13.5. The van der Waals surface area contributed by atoms with Crippen LogP contribution < -0.4 is 0 Å². The summed E-state index contributed by atoms with van der Waals surface area (Å²) < 4.78 is 6.73. The van der Waals surface area contributed by atoms with E-state index in [1.54, 1.807) is 0 Å². The van der Waals surface area contributed by atoms with Gasteiger partial charge in [-0.05, 0) is 45.2 Å². The molecule has 1 aliphatic heterocycles. The highest BCUT2D eigenvalue weighted by Crippen LogP contribution is 2.45. The standard InChI is InChI=1S/C37H38O/c1-35(2,3)29-21-17-27(18-22-29)33-25-37(31-13-9-7-10-14-31,32-15-11-8-12-16-32)26-34(38-33)28-19-23-30(24-20-28)36(4,5)6/h7-26H,1-6H3. The Hall–Kier alpha value is -3.84. The molecular formula is C37H38O. The van der Waals surface area contributed by atoms with Crippen molar-refractivity contribution in [3.8, 4) is 0 Å². The molecule has 0 bridgehead atoms. The van der Waals surface area contributed by atoms with Crippen LogP contribution in [0.5, 0.6) is 0 Å². The van der Waals surface area contributed by atoms with E-state index in [-0.39, 0.29) is 10.8 Å². The fourth-order valence-electron chi connectivity index (χ4n) is 5.11. The Morgan fingerprint density at radius 1 is 0.447 bits per heavy atom. The van der Waals surface area contributed by atoms with Gasteiger partial charge in [-0.15, -0.1) is 0 Å². The number of benzene rings is 4. The SMILES string of the molecule is CC(C)(C)c1ccc(C2=CC(c3ccccc3)(c3ccccc3)C=C(c3ccc(C(C)(C)C)cc3)O2)cc1. The van der Waals surface area contributed by atoms with Crippen LogP contribution in [-0.4, -0.2) is 0 Å². The minimum Gasteiger partial charge on any atom is -0.457 e. The summed E-state index contributed by atoms with van der Waals surface area (Å²) in [5.41, 5.74) is 6.90. The molecule has 0 spiro atoms. The van der Waals surface area contributed by atoms with Crippen molar-refractivity contribution in [3.63, 3.8) is 0 Å². The van der Waals surface area contributed by atoms with Crippen molar-refractivity contribution in [2.45, 2.75) is 57.8 Å². The van der Waals surface area contributed by atoms with Gasteiger partial charge in [-0.2, -0.15) is 0 Å². The number of ether oxygens (including phenoxy) is 1. The molecule has 0 N–H and O–H groups in total. The van der Waals surface area contributed by atoms with Crippen LogP contribution in [0.3, 0.4) is 0 Å². The maximum Gasteiger partial charge on any atom is 0.132 e. The minimum absolute atomic E-state index is 0.0953. The highest BCUT2D eigenvalue weighted by molar-refractivity contribution is 5.78. The van der Waals surface area contributed by atoms with E-state index in [1.807, 2.05) is 0 Å². The molecule has 0 saturated heterocycles. The Kier molecular flexibility index (Phi) is 6.65. The lowest BCUT2D eigenvalue weighted by Crippen LogP contribution is -2.26. The Labute approximate surface area is 228 Å². The topological polar surface area (TPSA) is 9.23 Å². The second-order valence-electron chi connectivity index (χ2n) is 12.4. The van der Waals surface area contributed by atoms with Crippen molar-refractivity contribution in [3.05, 3.63) is 155 Å². The maximum atomic E-state index is 6.73. The van der Waals surface area contributed by atoms with Gasteiger partial charge in [0.25, 0.3) is 0 Å². The molecule has 0 radical (unpaired) electrons. The lowest BCUT2D eigenvalue weighted by molar-refractivity contribution is 0.450. The summed E-state index contributed by atoms with van der Waals surface area (Å²) in [7, 11) is 0. The van der Waals surface area contributed by atoms with Crippen LogP contribution >= 0.6 is 0 Å². The zero-order valence-corrected chi connectivity index (χ0v) is 23.5. The molecule has 0 aromatic heterocycles. The van der Waals surface area contributed by atoms with Gasteiger partial charge in [0, 0.05) is 11.1 Å². The third-order valence-electron chi connectivity index (χ3n) is 7.51. The van der Waals surface area contributed by atoms with E-state index in [2.05, 4.69) is 163 Å². The molecule has 1 nitrogen and oxygen atoms in total. The van der Waals surface area contributed by atoms with E-state index < -0.39 is 5.41 Å². The van der Waals surface area contributed by atoms with Crippen LogP contribution in [0, 0.1) is 0 Å². The van der Waals surface area contributed by atoms with Crippen LogP contribution in [-0.2, 0) is 21.0 Å². The molecule has 5 rings (SSSR count). The van der Waals surface area contributed by atoms with Crippen molar-refractivity contribution < 1.29 is 4.74 Å². The monoisotopic (exact) mass is 498 g/mol. The van der Waals surface area contributed by atoms with Crippen LogP contribution in [0.1, 0.15) is 74.9 Å². The summed E-state index contributed by atoms with van der Waals surface area (Å²) in [6.45, 7) is 13.5. The van der Waals surface area contributed by atoms with Gasteiger partial charge in [-0.3, -0.25) is 0 Å². The molecule has 4 aromatic rings. The summed E-state index contributed by atoms with van der Waals surface area (Å²) in [4.78, 5) is 0. The molecule has 192 valence electrons. The molecule has 0 aliphatic carbocycles. The normalized spacial score (nSPS) is 15.3. The van der Waals surface area contributed by atoms with Crippen molar-refractivity contribution in [2.75, 3.05) is 0 Å². The van der Waals surface area contributed by atoms with E-state index in [0.717, 1.165) is 22.6 Å². The third kappa shape index (κ3) is 5.11. The zero-order valence-electron chi connectivity index (χ0n) is 23.5. The molecule has 4 aromatic carbocycles. The predicted octanol–water partition coefficient (Wildman–Crippen LogP) is 9.68. The first-order valence-electron chi connectivity index (χ1n) is 13.5. The first kappa shape index (κ1) is 25.8. The fourth-order valence-corrected chi connectivity index (χ4v) is 5.11. The van der Waals surface area contributed by atoms with E-state index in [4.69, 9.17) is 4.74 Å². The van der Waals surface area contributed by atoms with Gasteiger partial charge < -0.3 is 4.74 Å². The quantitative estimate of drug-likeness (QED) is 0.272. The molecule has 1 aliphatic rings. The summed E-state index contributed by atoms with van der Waals surface area (Å²) in [6, 6.07) is 39.2. The minimum atomic E-state index is -0.475. The first-order chi connectivity index (χ1) is 18.1. The van der Waals surface area contributed by atoms with Gasteiger partial charge in [-0.25, -0.2) is 0 Å². The van der Waals surface area contributed by atoms with Crippen LogP contribution in [0.25, 0.3) is 11.5 Å². The Balaban J connectivity index is 1.71. The number of rotatable bonds is 4. The highest BCUT2D eigenvalue weighted by Gasteiger charge is 2.36. The van der Waals surface area contributed by atoms with E-state index in [1.165, 1.54) is 22.3 Å². The smallest absolute Gasteiger partial charge is 0.132 e. The van der Waals surface area contributed by atoms with E-state index >= 15 is 0 Å². The van der Waals surface area contributed by atoms with Crippen molar-refractivity contribution >= 4 is 11.5 Å². The number of hydrogen-bond acceptors (Lipinski definition) is 1.